The molecule has 25 heavy (non-hydrogen) atoms. The SMILES string of the molecule is CCCCOC(=O)c1ccc(NCC(=O)NC(C)(C#N)C(C)C)cc1. The highest BCUT2D eigenvalue weighted by molar-refractivity contribution is 5.90. The molecule has 1 aromatic rings. The second-order valence-electron chi connectivity index (χ2n) is 6.44. The third-order valence-electron chi connectivity index (χ3n) is 4.09. The van der Waals surface area contributed by atoms with Gasteiger partial charge in [0.25, 0.3) is 0 Å². The first kappa shape index (κ1) is 20.5. The van der Waals surface area contributed by atoms with Crippen LogP contribution < -0.4 is 10.6 Å². The van der Waals surface area contributed by atoms with Crippen LogP contribution in [0.1, 0.15) is 50.9 Å². The van der Waals surface area contributed by atoms with Crippen molar-refractivity contribution in [2.24, 2.45) is 5.92 Å². The van der Waals surface area contributed by atoms with Gasteiger partial charge < -0.3 is 15.4 Å². The fraction of sp³-hybridized carbons (Fsp3) is 0.526. The Bertz CT molecular complexity index is 620. The van der Waals surface area contributed by atoms with Crippen LogP contribution in [0.5, 0.6) is 0 Å². The molecule has 0 radical (unpaired) electrons. The Morgan fingerprint density at radius 3 is 2.44 bits per heavy atom. The molecule has 0 aromatic heterocycles. The van der Waals surface area contributed by atoms with Gasteiger partial charge in [-0.05, 0) is 43.5 Å². The molecule has 1 atom stereocenters. The number of unbranched alkanes of at least 4 members (excludes halogenated alkanes) is 1. The van der Waals surface area contributed by atoms with Crippen molar-refractivity contribution in [2.75, 3.05) is 18.5 Å². The lowest BCUT2D eigenvalue weighted by Gasteiger charge is -2.27. The molecule has 0 aliphatic heterocycles. The third kappa shape index (κ3) is 6.46. The minimum Gasteiger partial charge on any atom is -0.462 e. The van der Waals surface area contributed by atoms with E-state index in [9.17, 15) is 14.9 Å². The molecule has 6 nitrogen and oxygen atoms in total. The molecule has 1 aromatic carbocycles. The minimum absolute atomic E-state index is 0.000505. The van der Waals surface area contributed by atoms with Gasteiger partial charge in [-0.1, -0.05) is 27.2 Å². The van der Waals surface area contributed by atoms with Crippen molar-refractivity contribution in [3.63, 3.8) is 0 Å². The summed E-state index contributed by atoms with van der Waals surface area (Å²) in [7, 11) is 0. The molecule has 136 valence electrons. The maximum Gasteiger partial charge on any atom is 0.338 e. The average Bonchev–Trinajstić information content (AvgIpc) is 2.60. The van der Waals surface area contributed by atoms with Crippen molar-refractivity contribution in [1.29, 1.82) is 5.26 Å². The Kier molecular flexibility index (Phi) is 7.93. The predicted octanol–water partition coefficient (Wildman–Crippen LogP) is 3.11. The van der Waals surface area contributed by atoms with Gasteiger partial charge in [0.05, 0.1) is 24.8 Å². The van der Waals surface area contributed by atoms with Crippen LogP contribution in [0.2, 0.25) is 0 Å². The van der Waals surface area contributed by atoms with Crippen molar-refractivity contribution in [3.05, 3.63) is 29.8 Å². The molecule has 0 heterocycles. The summed E-state index contributed by atoms with van der Waals surface area (Å²) in [6.45, 7) is 7.97. The Morgan fingerprint density at radius 1 is 1.28 bits per heavy atom. The minimum atomic E-state index is -0.898. The first-order chi connectivity index (χ1) is 11.8. The van der Waals surface area contributed by atoms with Crippen LogP contribution >= 0.6 is 0 Å². The molecule has 1 unspecified atom stereocenters. The van der Waals surface area contributed by atoms with E-state index in [-0.39, 0.29) is 24.3 Å². The van der Waals surface area contributed by atoms with Gasteiger partial charge in [-0.3, -0.25) is 4.79 Å². The van der Waals surface area contributed by atoms with E-state index in [1.54, 1.807) is 31.2 Å². The number of hydrogen-bond acceptors (Lipinski definition) is 5. The molecule has 0 bridgehead atoms. The number of benzene rings is 1. The maximum atomic E-state index is 12.0. The summed E-state index contributed by atoms with van der Waals surface area (Å²) >= 11 is 0. The van der Waals surface area contributed by atoms with E-state index < -0.39 is 5.54 Å². The van der Waals surface area contributed by atoms with Gasteiger partial charge in [0, 0.05) is 5.69 Å². The fourth-order valence-corrected chi connectivity index (χ4v) is 1.93. The Balaban J connectivity index is 2.52. The highest BCUT2D eigenvalue weighted by atomic mass is 16.5. The van der Waals surface area contributed by atoms with Crippen molar-refractivity contribution in [2.45, 2.75) is 46.1 Å². The van der Waals surface area contributed by atoms with E-state index in [0.717, 1.165) is 12.8 Å². The first-order valence-corrected chi connectivity index (χ1v) is 8.55. The summed E-state index contributed by atoms with van der Waals surface area (Å²) in [5, 5.41) is 14.9. The second-order valence-corrected chi connectivity index (χ2v) is 6.44. The van der Waals surface area contributed by atoms with E-state index in [1.807, 2.05) is 20.8 Å². The third-order valence-corrected chi connectivity index (χ3v) is 4.09. The van der Waals surface area contributed by atoms with Gasteiger partial charge in [-0.25, -0.2) is 4.79 Å². The van der Waals surface area contributed by atoms with Gasteiger partial charge in [-0.15, -0.1) is 0 Å². The predicted molar refractivity (Wildman–Crippen MR) is 97.1 cm³/mol. The number of hydrogen-bond donors (Lipinski definition) is 2. The molecule has 0 aliphatic rings. The number of amides is 1. The molecule has 1 rings (SSSR count). The summed E-state index contributed by atoms with van der Waals surface area (Å²) in [6.07, 6.45) is 1.82. The number of carbonyl (C=O) groups is 2. The molecule has 6 heteroatoms. The zero-order chi connectivity index (χ0) is 18.9. The molecule has 0 fully saturated rings. The van der Waals surface area contributed by atoms with E-state index in [2.05, 4.69) is 16.7 Å². The second kappa shape index (κ2) is 9.67. The van der Waals surface area contributed by atoms with Crippen LogP contribution in [-0.2, 0) is 9.53 Å². The number of rotatable bonds is 9. The lowest BCUT2D eigenvalue weighted by Crippen LogP contribution is -2.50. The van der Waals surface area contributed by atoms with Gasteiger partial charge in [0.1, 0.15) is 5.54 Å². The number of nitriles is 1. The number of anilines is 1. The standard InChI is InChI=1S/C19H27N3O3/c1-5-6-11-25-18(24)15-7-9-16(10-8-15)21-12-17(23)22-19(4,13-20)14(2)3/h7-10,14,21H,5-6,11-12H2,1-4H3,(H,22,23). The monoisotopic (exact) mass is 345 g/mol. The van der Waals surface area contributed by atoms with Gasteiger partial charge in [-0.2, -0.15) is 5.26 Å². The lowest BCUT2D eigenvalue weighted by atomic mass is 9.90. The van der Waals surface area contributed by atoms with Crippen LogP contribution in [0.3, 0.4) is 0 Å². The van der Waals surface area contributed by atoms with E-state index in [0.29, 0.717) is 17.9 Å². The number of ether oxygens (including phenoxy) is 1. The van der Waals surface area contributed by atoms with Crippen LogP contribution in [0.15, 0.2) is 24.3 Å². The van der Waals surface area contributed by atoms with E-state index in [4.69, 9.17) is 4.74 Å². The highest BCUT2D eigenvalue weighted by Gasteiger charge is 2.29. The summed E-state index contributed by atoms with van der Waals surface area (Å²) < 4.78 is 5.14. The molecular weight excluding hydrogens is 318 g/mol. The Hall–Kier alpha value is -2.55. The zero-order valence-corrected chi connectivity index (χ0v) is 15.4. The normalized spacial score (nSPS) is 12.8. The molecule has 0 saturated carbocycles. The molecular formula is C19H27N3O3. The summed E-state index contributed by atoms with van der Waals surface area (Å²) in [6, 6.07) is 8.88. The van der Waals surface area contributed by atoms with Gasteiger partial charge in [0.15, 0.2) is 0 Å². The zero-order valence-electron chi connectivity index (χ0n) is 15.4. The fourth-order valence-electron chi connectivity index (χ4n) is 1.93. The smallest absolute Gasteiger partial charge is 0.338 e. The topological polar surface area (TPSA) is 91.2 Å². The van der Waals surface area contributed by atoms with E-state index in [1.165, 1.54) is 0 Å². The van der Waals surface area contributed by atoms with Crippen LogP contribution in [0, 0.1) is 17.2 Å². The molecule has 0 aliphatic carbocycles. The lowest BCUT2D eigenvalue weighted by molar-refractivity contribution is -0.121. The maximum absolute atomic E-state index is 12.0. The molecule has 2 N–H and O–H groups in total. The first-order valence-electron chi connectivity index (χ1n) is 8.55. The van der Waals surface area contributed by atoms with Crippen LogP contribution in [-0.4, -0.2) is 30.6 Å². The quantitative estimate of drug-likeness (QED) is 0.530. The van der Waals surface area contributed by atoms with Crippen molar-refractivity contribution in [3.8, 4) is 6.07 Å². The van der Waals surface area contributed by atoms with Gasteiger partial charge >= 0.3 is 5.97 Å². The molecule has 0 saturated heterocycles. The number of nitrogens with one attached hydrogen (secondary N) is 2. The molecule has 0 spiro atoms. The van der Waals surface area contributed by atoms with Crippen LogP contribution in [0.25, 0.3) is 0 Å². The summed E-state index contributed by atoms with van der Waals surface area (Å²) in [5.74, 6) is -0.611. The number of esters is 1. The van der Waals surface area contributed by atoms with Crippen molar-refractivity contribution in [1.82, 2.24) is 5.32 Å². The number of nitrogens with zero attached hydrogens (tertiary/aromatic N) is 1. The Labute approximate surface area is 149 Å². The van der Waals surface area contributed by atoms with Crippen molar-refractivity contribution < 1.29 is 14.3 Å². The molecule has 1 amide bonds. The largest absolute Gasteiger partial charge is 0.462 e. The summed E-state index contributed by atoms with van der Waals surface area (Å²) in [4.78, 5) is 23.8. The van der Waals surface area contributed by atoms with Crippen molar-refractivity contribution >= 4 is 17.6 Å². The summed E-state index contributed by atoms with van der Waals surface area (Å²) in [5.41, 5.74) is 0.289. The number of carbonyl (C=O) groups excluding carboxylic acids is 2. The van der Waals surface area contributed by atoms with Crippen LogP contribution in [0.4, 0.5) is 5.69 Å². The highest BCUT2D eigenvalue weighted by Crippen LogP contribution is 2.15. The van der Waals surface area contributed by atoms with Gasteiger partial charge in [0.2, 0.25) is 5.91 Å². The Morgan fingerprint density at radius 2 is 1.92 bits per heavy atom. The van der Waals surface area contributed by atoms with E-state index >= 15 is 0 Å². The average molecular weight is 345 g/mol.